The molecule has 3 aliphatic rings. The van der Waals surface area contributed by atoms with Crippen molar-refractivity contribution in [3.05, 3.63) is 18.2 Å². The fraction of sp³-hybridized carbons (Fsp3) is 0.737. The van der Waals surface area contributed by atoms with Crippen LogP contribution in [-0.2, 0) is 21.7 Å². The Morgan fingerprint density at radius 3 is 2.63 bits per heavy atom. The lowest BCUT2D eigenvalue weighted by molar-refractivity contribution is -0.177. The zero-order chi connectivity index (χ0) is 19.0. The van der Waals surface area contributed by atoms with E-state index in [4.69, 9.17) is 4.74 Å². The van der Waals surface area contributed by atoms with E-state index < -0.39 is 11.7 Å². The number of fused-ring (bicyclic) bond motifs is 2. The number of nitrogens with zero attached hydrogens (tertiary/aromatic N) is 4. The number of rotatable bonds is 2. The van der Waals surface area contributed by atoms with Crippen LogP contribution in [0.25, 0.3) is 0 Å². The van der Waals surface area contributed by atoms with Crippen LogP contribution in [0.2, 0.25) is 0 Å². The third-order valence-corrected chi connectivity index (χ3v) is 6.11. The summed E-state index contributed by atoms with van der Waals surface area (Å²) in [5, 5.41) is 3.16. The molecule has 1 spiro atoms. The third kappa shape index (κ3) is 3.42. The van der Waals surface area contributed by atoms with Gasteiger partial charge in [-0.2, -0.15) is 0 Å². The van der Waals surface area contributed by atoms with Crippen molar-refractivity contribution >= 4 is 11.9 Å². The molecule has 27 heavy (non-hydrogen) atoms. The van der Waals surface area contributed by atoms with Crippen molar-refractivity contribution in [3.8, 4) is 0 Å². The van der Waals surface area contributed by atoms with Crippen LogP contribution in [0.4, 0.5) is 4.79 Å². The van der Waals surface area contributed by atoms with Crippen molar-refractivity contribution in [2.45, 2.75) is 62.8 Å². The molecule has 0 aromatic carbocycles. The highest BCUT2D eigenvalue weighted by Gasteiger charge is 2.48. The van der Waals surface area contributed by atoms with Gasteiger partial charge in [-0.1, -0.05) is 12.8 Å². The fourth-order valence-electron chi connectivity index (χ4n) is 4.56. The van der Waals surface area contributed by atoms with Gasteiger partial charge in [0.1, 0.15) is 11.4 Å². The summed E-state index contributed by atoms with van der Waals surface area (Å²) in [6.45, 7) is 1.70. The second-order valence-corrected chi connectivity index (χ2v) is 8.15. The van der Waals surface area contributed by atoms with Gasteiger partial charge in [-0.3, -0.25) is 4.79 Å². The molecule has 4 rings (SSSR count). The average Bonchev–Trinajstić information content (AvgIpc) is 3.33. The fourth-order valence-corrected chi connectivity index (χ4v) is 4.56. The Morgan fingerprint density at radius 2 is 1.96 bits per heavy atom. The first-order chi connectivity index (χ1) is 13.0. The van der Waals surface area contributed by atoms with E-state index in [9.17, 15) is 9.59 Å². The van der Waals surface area contributed by atoms with Crippen LogP contribution in [0.3, 0.4) is 0 Å². The molecule has 148 valence electrons. The van der Waals surface area contributed by atoms with E-state index in [0.29, 0.717) is 38.5 Å². The Hall–Kier alpha value is -2.09. The number of nitrogens with one attached hydrogen (secondary N) is 1. The summed E-state index contributed by atoms with van der Waals surface area (Å²) in [6.07, 6.45) is 9.03. The van der Waals surface area contributed by atoms with Crippen molar-refractivity contribution < 1.29 is 14.3 Å². The zero-order valence-electron chi connectivity index (χ0n) is 16.2. The highest BCUT2D eigenvalue weighted by atomic mass is 16.5. The predicted molar refractivity (Wildman–Crippen MR) is 99.1 cm³/mol. The monoisotopic (exact) mass is 375 g/mol. The SMILES string of the molecule is CN(C)C(=O)C1Cn2ccnc2C2(CCN(C(=O)NC3CCCC3)CC2)O1. The number of ether oxygens (including phenoxy) is 1. The van der Waals surface area contributed by atoms with E-state index in [2.05, 4.69) is 10.3 Å². The molecule has 1 N–H and O–H groups in total. The lowest BCUT2D eigenvalue weighted by atomic mass is 9.88. The number of amides is 3. The average molecular weight is 375 g/mol. The highest BCUT2D eigenvalue weighted by molar-refractivity contribution is 5.80. The first kappa shape index (κ1) is 18.3. The highest BCUT2D eigenvalue weighted by Crippen LogP contribution is 2.40. The van der Waals surface area contributed by atoms with Gasteiger partial charge in [0.05, 0.1) is 6.54 Å². The molecule has 1 atom stereocenters. The summed E-state index contributed by atoms with van der Waals surface area (Å²) in [4.78, 5) is 33.1. The van der Waals surface area contributed by atoms with E-state index in [1.165, 1.54) is 12.8 Å². The first-order valence-corrected chi connectivity index (χ1v) is 9.94. The number of imidazole rings is 1. The van der Waals surface area contributed by atoms with Crippen molar-refractivity contribution in [2.75, 3.05) is 27.2 Å². The molecule has 0 bridgehead atoms. The molecule has 1 unspecified atom stereocenters. The second-order valence-electron chi connectivity index (χ2n) is 8.15. The van der Waals surface area contributed by atoms with Gasteiger partial charge in [-0.05, 0) is 12.8 Å². The van der Waals surface area contributed by atoms with Crippen molar-refractivity contribution in [1.82, 2.24) is 24.7 Å². The van der Waals surface area contributed by atoms with E-state index in [0.717, 1.165) is 18.7 Å². The summed E-state index contributed by atoms with van der Waals surface area (Å²) < 4.78 is 8.38. The lowest BCUT2D eigenvalue weighted by Crippen LogP contribution is -2.56. The Morgan fingerprint density at radius 1 is 1.26 bits per heavy atom. The topological polar surface area (TPSA) is 79.7 Å². The first-order valence-electron chi connectivity index (χ1n) is 9.94. The summed E-state index contributed by atoms with van der Waals surface area (Å²) in [5.74, 6) is 0.844. The zero-order valence-corrected chi connectivity index (χ0v) is 16.2. The number of urea groups is 1. The van der Waals surface area contributed by atoms with Crippen LogP contribution in [0.5, 0.6) is 0 Å². The van der Waals surface area contributed by atoms with Crippen LogP contribution < -0.4 is 5.32 Å². The number of hydrogen-bond donors (Lipinski definition) is 1. The molecule has 2 fully saturated rings. The van der Waals surface area contributed by atoms with Crippen LogP contribution >= 0.6 is 0 Å². The lowest BCUT2D eigenvalue weighted by Gasteiger charge is -2.45. The molecule has 1 saturated heterocycles. The number of carbonyl (C=O) groups excluding carboxylic acids is 2. The molecule has 8 nitrogen and oxygen atoms in total. The van der Waals surface area contributed by atoms with Gasteiger partial charge in [0.25, 0.3) is 5.91 Å². The van der Waals surface area contributed by atoms with Crippen molar-refractivity contribution in [3.63, 3.8) is 0 Å². The molecule has 1 aromatic rings. The molecule has 3 heterocycles. The number of aromatic nitrogens is 2. The van der Waals surface area contributed by atoms with Gasteiger partial charge in [0, 0.05) is 58.5 Å². The minimum absolute atomic E-state index is 0.0248. The Labute approximate surface area is 159 Å². The second kappa shape index (κ2) is 7.14. The van der Waals surface area contributed by atoms with Gasteiger partial charge in [0.15, 0.2) is 6.10 Å². The Balaban J connectivity index is 1.46. The van der Waals surface area contributed by atoms with Gasteiger partial charge in [0.2, 0.25) is 0 Å². The summed E-state index contributed by atoms with van der Waals surface area (Å²) in [5.41, 5.74) is -0.595. The maximum atomic E-state index is 12.6. The van der Waals surface area contributed by atoms with Gasteiger partial charge < -0.3 is 24.4 Å². The standard InChI is InChI=1S/C19H29N5O3/c1-22(2)16(25)15-13-24-12-9-20-17(24)19(27-15)7-10-23(11-8-19)18(26)21-14-5-3-4-6-14/h9,12,14-15H,3-8,10-11,13H2,1-2H3,(H,21,26). The van der Waals surface area contributed by atoms with Gasteiger partial charge >= 0.3 is 6.03 Å². The molecule has 2 aliphatic heterocycles. The van der Waals surface area contributed by atoms with E-state index >= 15 is 0 Å². The maximum Gasteiger partial charge on any atom is 0.317 e. The quantitative estimate of drug-likeness (QED) is 0.845. The van der Waals surface area contributed by atoms with Crippen LogP contribution in [-0.4, -0.2) is 70.6 Å². The minimum Gasteiger partial charge on any atom is -0.352 e. The number of carbonyl (C=O) groups is 2. The van der Waals surface area contributed by atoms with E-state index in [1.54, 1.807) is 25.2 Å². The molecular formula is C19H29N5O3. The van der Waals surface area contributed by atoms with Crippen LogP contribution in [0.15, 0.2) is 12.4 Å². The molecule has 8 heteroatoms. The summed E-state index contributed by atoms with van der Waals surface area (Å²) in [6, 6.07) is 0.345. The molecular weight excluding hydrogens is 346 g/mol. The molecule has 0 radical (unpaired) electrons. The predicted octanol–water partition coefficient (Wildman–Crippen LogP) is 1.31. The molecule has 1 saturated carbocycles. The third-order valence-electron chi connectivity index (χ3n) is 6.11. The number of likely N-dealkylation sites (N-methyl/N-ethyl adjacent to an activating group) is 1. The summed E-state index contributed by atoms with van der Waals surface area (Å²) >= 11 is 0. The maximum absolute atomic E-state index is 12.6. The normalized spacial score (nSPS) is 24.7. The van der Waals surface area contributed by atoms with Gasteiger partial charge in [-0.15, -0.1) is 0 Å². The summed E-state index contributed by atoms with van der Waals surface area (Å²) in [7, 11) is 3.50. The van der Waals surface area contributed by atoms with Crippen molar-refractivity contribution in [2.24, 2.45) is 0 Å². The minimum atomic E-state index is -0.595. The van der Waals surface area contributed by atoms with E-state index in [1.807, 2.05) is 15.7 Å². The molecule has 1 aromatic heterocycles. The largest absolute Gasteiger partial charge is 0.352 e. The number of likely N-dealkylation sites (tertiary alicyclic amines) is 1. The molecule has 3 amide bonds. The van der Waals surface area contributed by atoms with Crippen LogP contribution in [0.1, 0.15) is 44.3 Å². The number of hydrogen-bond acceptors (Lipinski definition) is 4. The number of piperidine rings is 1. The van der Waals surface area contributed by atoms with Crippen molar-refractivity contribution in [1.29, 1.82) is 0 Å². The van der Waals surface area contributed by atoms with Crippen LogP contribution in [0, 0.1) is 0 Å². The van der Waals surface area contributed by atoms with Gasteiger partial charge in [-0.25, -0.2) is 9.78 Å². The molecule has 1 aliphatic carbocycles. The Kier molecular flexibility index (Phi) is 4.84. The Bertz CT molecular complexity index is 702. The smallest absolute Gasteiger partial charge is 0.317 e. The van der Waals surface area contributed by atoms with E-state index in [-0.39, 0.29) is 11.9 Å².